The minimum Gasteiger partial charge on any atom is -0.360 e. The largest absolute Gasteiger partial charge is 0.360 e. The Balaban J connectivity index is 2.01. The van der Waals surface area contributed by atoms with Crippen molar-refractivity contribution in [2.45, 2.75) is 26.2 Å². The fourth-order valence-electron chi connectivity index (χ4n) is 3.04. The molecule has 3 heteroatoms. The molecule has 2 unspecified atom stereocenters. The third kappa shape index (κ3) is 1.91. The van der Waals surface area contributed by atoms with E-state index < -0.39 is 0 Å². The van der Waals surface area contributed by atoms with Gasteiger partial charge in [0.05, 0.1) is 0 Å². The number of ketones is 1. The molecule has 2 atom stereocenters. The van der Waals surface area contributed by atoms with Crippen LogP contribution < -0.4 is 0 Å². The first-order valence-corrected chi connectivity index (χ1v) is 7.27. The van der Waals surface area contributed by atoms with Gasteiger partial charge in [-0.2, -0.15) is 0 Å². The number of hydrogen-bond acceptors (Lipinski definition) is 1. The number of rotatable bonds is 2. The predicted molar refractivity (Wildman–Crippen MR) is 76.8 cm³/mol. The van der Waals surface area contributed by atoms with E-state index >= 15 is 0 Å². The van der Waals surface area contributed by atoms with Crippen LogP contribution in [-0.2, 0) is 0 Å². The maximum Gasteiger partial charge on any atom is 0.168 e. The summed E-state index contributed by atoms with van der Waals surface area (Å²) in [7, 11) is 0. The summed E-state index contributed by atoms with van der Waals surface area (Å²) in [6.07, 6.45) is 5.28. The number of benzene rings is 1. The zero-order valence-electron chi connectivity index (χ0n) is 10.4. The predicted octanol–water partition coefficient (Wildman–Crippen LogP) is 4.55. The fourth-order valence-corrected chi connectivity index (χ4v) is 3.40. The number of Topliss-reactive ketones (excluding diaryl/α,β-unsaturated/α-hetero) is 1. The number of hydrogen-bond donors (Lipinski definition) is 1. The van der Waals surface area contributed by atoms with Crippen molar-refractivity contribution in [3.63, 3.8) is 0 Å². The van der Waals surface area contributed by atoms with Crippen molar-refractivity contribution in [1.29, 1.82) is 0 Å². The number of halogens is 1. The van der Waals surface area contributed by atoms with Crippen LogP contribution in [0.5, 0.6) is 0 Å². The first-order valence-electron chi connectivity index (χ1n) is 6.47. The van der Waals surface area contributed by atoms with Crippen molar-refractivity contribution in [1.82, 2.24) is 4.98 Å². The number of fused-ring (bicyclic) bond motifs is 1. The Kier molecular flexibility index (Phi) is 3.02. The Bertz CT molecular complexity index is 602. The molecular formula is C15H16BrNO. The van der Waals surface area contributed by atoms with Gasteiger partial charge < -0.3 is 4.98 Å². The Hall–Kier alpha value is -1.09. The minimum atomic E-state index is 0.215. The van der Waals surface area contributed by atoms with Crippen LogP contribution in [0.25, 0.3) is 10.9 Å². The highest BCUT2D eigenvalue weighted by Crippen LogP contribution is 2.35. The van der Waals surface area contributed by atoms with Gasteiger partial charge in [-0.05, 0) is 30.9 Å². The summed E-state index contributed by atoms with van der Waals surface area (Å²) in [6, 6.07) is 6.03. The molecule has 1 aromatic heterocycles. The molecule has 0 spiro atoms. The molecule has 2 nitrogen and oxygen atoms in total. The molecule has 2 aromatic rings. The van der Waals surface area contributed by atoms with E-state index in [2.05, 4.69) is 27.8 Å². The van der Waals surface area contributed by atoms with Crippen molar-refractivity contribution in [3.8, 4) is 0 Å². The van der Waals surface area contributed by atoms with E-state index in [1.54, 1.807) is 0 Å². The van der Waals surface area contributed by atoms with Gasteiger partial charge in [0.15, 0.2) is 5.78 Å². The van der Waals surface area contributed by atoms with Crippen LogP contribution in [-0.4, -0.2) is 10.8 Å². The lowest BCUT2D eigenvalue weighted by atomic mass is 9.89. The van der Waals surface area contributed by atoms with Crippen molar-refractivity contribution >= 4 is 32.6 Å². The molecule has 0 amide bonds. The summed E-state index contributed by atoms with van der Waals surface area (Å²) in [6.45, 7) is 2.20. The van der Waals surface area contributed by atoms with E-state index in [1.165, 1.54) is 12.8 Å². The van der Waals surface area contributed by atoms with E-state index in [0.29, 0.717) is 11.7 Å². The van der Waals surface area contributed by atoms with Crippen LogP contribution in [0.3, 0.4) is 0 Å². The van der Waals surface area contributed by atoms with Gasteiger partial charge in [0, 0.05) is 33.1 Å². The van der Waals surface area contributed by atoms with Gasteiger partial charge in [0.1, 0.15) is 0 Å². The van der Waals surface area contributed by atoms with Crippen LogP contribution >= 0.6 is 15.9 Å². The van der Waals surface area contributed by atoms with Crippen molar-refractivity contribution in [2.75, 3.05) is 0 Å². The van der Waals surface area contributed by atoms with Crippen LogP contribution in [0.15, 0.2) is 28.9 Å². The molecule has 3 rings (SSSR count). The Morgan fingerprint density at radius 3 is 2.94 bits per heavy atom. The molecule has 1 saturated carbocycles. The lowest BCUT2D eigenvalue weighted by molar-refractivity contribution is 0.0899. The van der Waals surface area contributed by atoms with Gasteiger partial charge in [-0.1, -0.05) is 35.3 Å². The maximum absolute atomic E-state index is 12.6. The summed E-state index contributed by atoms with van der Waals surface area (Å²) in [5.41, 5.74) is 1.88. The SMILES string of the molecule is CC1CCCC1C(=O)c1c[nH]c2cc(Br)ccc12. The van der Waals surface area contributed by atoms with Crippen LogP contribution in [0.1, 0.15) is 36.5 Å². The first-order chi connectivity index (χ1) is 8.66. The van der Waals surface area contributed by atoms with E-state index in [9.17, 15) is 4.79 Å². The summed E-state index contributed by atoms with van der Waals surface area (Å²) in [5.74, 6) is 1.05. The van der Waals surface area contributed by atoms with Crippen LogP contribution in [0, 0.1) is 11.8 Å². The molecule has 0 aliphatic heterocycles. The number of carbonyl (C=O) groups is 1. The molecule has 1 aliphatic rings. The van der Waals surface area contributed by atoms with Crippen molar-refractivity contribution in [3.05, 3.63) is 34.4 Å². The second-order valence-electron chi connectivity index (χ2n) is 5.27. The molecule has 1 heterocycles. The lowest BCUT2D eigenvalue weighted by Gasteiger charge is -2.13. The van der Waals surface area contributed by atoms with Gasteiger partial charge in [0.25, 0.3) is 0 Å². The number of nitrogens with one attached hydrogen (secondary N) is 1. The highest BCUT2D eigenvalue weighted by molar-refractivity contribution is 9.10. The molecular weight excluding hydrogens is 290 g/mol. The molecule has 0 bridgehead atoms. The standard InChI is InChI=1S/C15H16BrNO/c1-9-3-2-4-11(9)15(18)13-8-17-14-7-10(16)5-6-12(13)14/h5-9,11,17H,2-4H2,1H3. The maximum atomic E-state index is 12.6. The monoisotopic (exact) mass is 305 g/mol. The zero-order chi connectivity index (χ0) is 12.7. The summed E-state index contributed by atoms with van der Waals surface area (Å²) in [5, 5.41) is 1.04. The average Bonchev–Trinajstić information content (AvgIpc) is 2.94. The third-order valence-corrected chi connectivity index (χ3v) is 4.60. The van der Waals surface area contributed by atoms with Gasteiger partial charge in [-0.15, -0.1) is 0 Å². The lowest BCUT2D eigenvalue weighted by Crippen LogP contribution is -2.16. The number of carbonyl (C=O) groups excluding carboxylic acids is 1. The Labute approximate surface area is 115 Å². The van der Waals surface area contributed by atoms with Gasteiger partial charge in [0.2, 0.25) is 0 Å². The first kappa shape index (κ1) is 12.0. The summed E-state index contributed by atoms with van der Waals surface area (Å²) in [4.78, 5) is 15.8. The Morgan fingerprint density at radius 2 is 2.22 bits per heavy atom. The van der Waals surface area contributed by atoms with Crippen LogP contribution in [0.4, 0.5) is 0 Å². The highest BCUT2D eigenvalue weighted by Gasteiger charge is 2.31. The zero-order valence-corrected chi connectivity index (χ0v) is 12.0. The highest BCUT2D eigenvalue weighted by atomic mass is 79.9. The van der Waals surface area contributed by atoms with Crippen molar-refractivity contribution in [2.24, 2.45) is 11.8 Å². The fraction of sp³-hybridized carbons (Fsp3) is 0.400. The molecule has 18 heavy (non-hydrogen) atoms. The summed E-state index contributed by atoms with van der Waals surface area (Å²) < 4.78 is 1.03. The molecule has 1 N–H and O–H groups in total. The number of H-pyrrole nitrogens is 1. The molecule has 0 saturated heterocycles. The van der Waals surface area contributed by atoms with E-state index in [4.69, 9.17) is 0 Å². The molecule has 0 radical (unpaired) electrons. The van der Waals surface area contributed by atoms with E-state index in [0.717, 1.165) is 27.4 Å². The molecule has 1 aliphatic carbocycles. The number of aromatic amines is 1. The smallest absolute Gasteiger partial charge is 0.168 e. The second-order valence-corrected chi connectivity index (χ2v) is 6.19. The van der Waals surface area contributed by atoms with Gasteiger partial charge >= 0.3 is 0 Å². The van der Waals surface area contributed by atoms with Crippen LogP contribution in [0.2, 0.25) is 0 Å². The van der Waals surface area contributed by atoms with E-state index in [-0.39, 0.29) is 5.92 Å². The Morgan fingerprint density at radius 1 is 1.39 bits per heavy atom. The topological polar surface area (TPSA) is 32.9 Å². The molecule has 1 aromatic carbocycles. The van der Waals surface area contributed by atoms with Gasteiger partial charge in [-0.3, -0.25) is 4.79 Å². The van der Waals surface area contributed by atoms with Gasteiger partial charge in [-0.25, -0.2) is 0 Å². The quantitative estimate of drug-likeness (QED) is 0.811. The van der Waals surface area contributed by atoms with Crippen molar-refractivity contribution < 1.29 is 4.79 Å². The summed E-state index contributed by atoms with van der Waals surface area (Å²) >= 11 is 3.45. The normalized spacial score (nSPS) is 23.7. The molecule has 1 fully saturated rings. The molecule has 94 valence electrons. The van der Waals surface area contributed by atoms with E-state index in [1.807, 2.05) is 24.4 Å². The minimum absolute atomic E-state index is 0.215. The average molecular weight is 306 g/mol. The third-order valence-electron chi connectivity index (χ3n) is 4.11. The second kappa shape index (κ2) is 4.54. The number of aromatic nitrogens is 1.